The number of rotatable bonds is 5. The standard InChI is InChI=1S/C15H24/c1-5-12(2)6-9-14(4)15-10-7-13(3)8-11-15/h7-8,10-12,14H,5-6,9H2,1-4H3. The van der Waals surface area contributed by atoms with Crippen molar-refractivity contribution in [3.63, 3.8) is 0 Å². The van der Waals surface area contributed by atoms with Gasteiger partial charge < -0.3 is 0 Å². The molecule has 0 aliphatic carbocycles. The lowest BCUT2D eigenvalue weighted by Gasteiger charge is -2.14. The quantitative estimate of drug-likeness (QED) is 0.638. The second kappa shape index (κ2) is 5.95. The molecule has 0 amide bonds. The molecule has 0 saturated heterocycles. The maximum Gasteiger partial charge on any atom is -0.0190 e. The topological polar surface area (TPSA) is 0 Å². The minimum Gasteiger partial charge on any atom is -0.0651 e. The molecule has 2 unspecified atom stereocenters. The van der Waals surface area contributed by atoms with Gasteiger partial charge in [0.2, 0.25) is 0 Å². The van der Waals surface area contributed by atoms with E-state index in [1.165, 1.54) is 30.4 Å². The Hall–Kier alpha value is -0.780. The fraction of sp³-hybridized carbons (Fsp3) is 0.600. The highest BCUT2D eigenvalue weighted by Crippen LogP contribution is 2.23. The van der Waals surface area contributed by atoms with Crippen LogP contribution in [0, 0.1) is 12.8 Å². The van der Waals surface area contributed by atoms with Gasteiger partial charge in [0, 0.05) is 0 Å². The summed E-state index contributed by atoms with van der Waals surface area (Å²) in [5.41, 5.74) is 2.84. The van der Waals surface area contributed by atoms with Crippen LogP contribution < -0.4 is 0 Å². The molecule has 84 valence electrons. The SMILES string of the molecule is CCC(C)CCC(C)c1ccc(C)cc1. The monoisotopic (exact) mass is 204 g/mol. The lowest BCUT2D eigenvalue weighted by molar-refractivity contribution is 0.470. The minimum atomic E-state index is 0.708. The van der Waals surface area contributed by atoms with Gasteiger partial charge in [-0.2, -0.15) is 0 Å². The number of hydrogen-bond acceptors (Lipinski definition) is 0. The van der Waals surface area contributed by atoms with Gasteiger partial charge in [0.1, 0.15) is 0 Å². The van der Waals surface area contributed by atoms with Crippen LogP contribution in [0.15, 0.2) is 24.3 Å². The first kappa shape index (κ1) is 12.3. The Labute approximate surface area is 94.7 Å². The van der Waals surface area contributed by atoms with E-state index in [4.69, 9.17) is 0 Å². The van der Waals surface area contributed by atoms with E-state index in [-0.39, 0.29) is 0 Å². The molecule has 0 saturated carbocycles. The van der Waals surface area contributed by atoms with Crippen LogP contribution in [0.4, 0.5) is 0 Å². The zero-order chi connectivity index (χ0) is 11.3. The first-order valence-corrected chi connectivity index (χ1v) is 6.20. The number of hydrogen-bond donors (Lipinski definition) is 0. The van der Waals surface area contributed by atoms with Gasteiger partial charge in [-0.25, -0.2) is 0 Å². The van der Waals surface area contributed by atoms with E-state index in [0.717, 1.165) is 5.92 Å². The molecular formula is C15H24. The summed E-state index contributed by atoms with van der Waals surface area (Å²) in [6, 6.07) is 8.98. The van der Waals surface area contributed by atoms with Gasteiger partial charge in [-0.3, -0.25) is 0 Å². The maximum atomic E-state index is 2.35. The molecule has 0 heteroatoms. The highest BCUT2D eigenvalue weighted by Gasteiger charge is 2.07. The molecule has 0 aromatic heterocycles. The molecule has 0 N–H and O–H groups in total. The lowest BCUT2D eigenvalue weighted by atomic mass is 9.91. The molecule has 0 aliphatic rings. The minimum absolute atomic E-state index is 0.708. The second-order valence-corrected chi connectivity index (χ2v) is 4.90. The van der Waals surface area contributed by atoms with E-state index < -0.39 is 0 Å². The normalized spacial score (nSPS) is 14.9. The van der Waals surface area contributed by atoms with E-state index >= 15 is 0 Å². The fourth-order valence-corrected chi connectivity index (χ4v) is 1.80. The Balaban J connectivity index is 2.46. The summed E-state index contributed by atoms with van der Waals surface area (Å²) in [6.45, 7) is 9.11. The van der Waals surface area contributed by atoms with E-state index in [2.05, 4.69) is 52.0 Å². The Bertz CT molecular complexity index is 271. The van der Waals surface area contributed by atoms with E-state index in [0.29, 0.717) is 5.92 Å². The molecule has 2 atom stereocenters. The summed E-state index contributed by atoms with van der Waals surface area (Å²) < 4.78 is 0. The van der Waals surface area contributed by atoms with Crippen molar-refractivity contribution in [2.75, 3.05) is 0 Å². The number of aryl methyl sites for hydroxylation is 1. The summed E-state index contributed by atoms with van der Waals surface area (Å²) in [6.07, 6.45) is 3.98. The summed E-state index contributed by atoms with van der Waals surface area (Å²) in [5, 5.41) is 0. The van der Waals surface area contributed by atoms with Crippen molar-refractivity contribution in [2.45, 2.75) is 52.9 Å². The van der Waals surface area contributed by atoms with Crippen LogP contribution >= 0.6 is 0 Å². The van der Waals surface area contributed by atoms with Crippen molar-refractivity contribution in [2.24, 2.45) is 5.92 Å². The maximum absolute atomic E-state index is 2.35. The molecule has 0 aliphatic heterocycles. The van der Waals surface area contributed by atoms with Crippen LogP contribution in [0.2, 0.25) is 0 Å². The average Bonchev–Trinajstić information content (AvgIpc) is 2.26. The Morgan fingerprint density at radius 3 is 2.13 bits per heavy atom. The highest BCUT2D eigenvalue weighted by molar-refractivity contribution is 5.23. The predicted octanol–water partition coefficient (Wildman–Crippen LogP) is 4.92. The molecule has 15 heavy (non-hydrogen) atoms. The molecule has 1 aromatic carbocycles. The third-order valence-corrected chi connectivity index (χ3v) is 3.44. The molecule has 0 fully saturated rings. The largest absolute Gasteiger partial charge is 0.0651 e. The first-order chi connectivity index (χ1) is 7.13. The van der Waals surface area contributed by atoms with Gasteiger partial charge in [0.05, 0.1) is 0 Å². The third kappa shape index (κ3) is 4.07. The van der Waals surface area contributed by atoms with E-state index in [1.807, 2.05) is 0 Å². The van der Waals surface area contributed by atoms with Crippen LogP contribution in [0.3, 0.4) is 0 Å². The molecule has 0 nitrogen and oxygen atoms in total. The molecular weight excluding hydrogens is 180 g/mol. The third-order valence-electron chi connectivity index (χ3n) is 3.44. The highest BCUT2D eigenvalue weighted by atomic mass is 14.1. The lowest BCUT2D eigenvalue weighted by Crippen LogP contribution is -1.98. The van der Waals surface area contributed by atoms with Gasteiger partial charge in [-0.05, 0) is 30.7 Å². The summed E-state index contributed by atoms with van der Waals surface area (Å²) in [5.74, 6) is 1.58. The molecule has 0 radical (unpaired) electrons. The second-order valence-electron chi connectivity index (χ2n) is 4.90. The summed E-state index contributed by atoms with van der Waals surface area (Å²) in [7, 11) is 0. The predicted molar refractivity (Wildman–Crippen MR) is 68.3 cm³/mol. The van der Waals surface area contributed by atoms with Crippen LogP contribution in [0.1, 0.15) is 57.1 Å². The van der Waals surface area contributed by atoms with Crippen LogP contribution in [0.5, 0.6) is 0 Å². The molecule has 0 spiro atoms. The Morgan fingerprint density at radius 2 is 1.60 bits per heavy atom. The van der Waals surface area contributed by atoms with Gasteiger partial charge in [0.25, 0.3) is 0 Å². The van der Waals surface area contributed by atoms with Crippen molar-refractivity contribution in [3.8, 4) is 0 Å². The Kier molecular flexibility index (Phi) is 4.87. The molecule has 1 aromatic rings. The van der Waals surface area contributed by atoms with Crippen molar-refractivity contribution < 1.29 is 0 Å². The van der Waals surface area contributed by atoms with Crippen molar-refractivity contribution in [1.82, 2.24) is 0 Å². The number of benzene rings is 1. The van der Waals surface area contributed by atoms with E-state index in [9.17, 15) is 0 Å². The summed E-state index contributed by atoms with van der Waals surface area (Å²) in [4.78, 5) is 0. The average molecular weight is 204 g/mol. The van der Waals surface area contributed by atoms with Gasteiger partial charge in [-0.1, -0.05) is 63.4 Å². The molecule has 0 bridgehead atoms. The van der Waals surface area contributed by atoms with Gasteiger partial charge in [-0.15, -0.1) is 0 Å². The van der Waals surface area contributed by atoms with Crippen LogP contribution in [0.25, 0.3) is 0 Å². The van der Waals surface area contributed by atoms with Gasteiger partial charge in [0.15, 0.2) is 0 Å². The molecule has 0 heterocycles. The summed E-state index contributed by atoms with van der Waals surface area (Å²) >= 11 is 0. The van der Waals surface area contributed by atoms with Crippen molar-refractivity contribution in [1.29, 1.82) is 0 Å². The van der Waals surface area contributed by atoms with Gasteiger partial charge >= 0.3 is 0 Å². The first-order valence-electron chi connectivity index (χ1n) is 6.20. The van der Waals surface area contributed by atoms with Crippen molar-refractivity contribution >= 4 is 0 Å². The molecule has 1 rings (SSSR count). The van der Waals surface area contributed by atoms with Crippen LogP contribution in [-0.4, -0.2) is 0 Å². The Morgan fingerprint density at radius 1 is 1.00 bits per heavy atom. The zero-order valence-corrected chi connectivity index (χ0v) is 10.6. The zero-order valence-electron chi connectivity index (χ0n) is 10.6. The van der Waals surface area contributed by atoms with Crippen molar-refractivity contribution in [3.05, 3.63) is 35.4 Å². The fourth-order valence-electron chi connectivity index (χ4n) is 1.80. The smallest absolute Gasteiger partial charge is 0.0190 e. The van der Waals surface area contributed by atoms with E-state index in [1.54, 1.807) is 0 Å². The van der Waals surface area contributed by atoms with Crippen LogP contribution in [-0.2, 0) is 0 Å².